The van der Waals surface area contributed by atoms with Crippen LogP contribution in [0.3, 0.4) is 0 Å². The number of amides is 2. The van der Waals surface area contributed by atoms with Crippen LogP contribution in [0.25, 0.3) is 11.4 Å². The molecule has 1 aromatic heterocycles. The van der Waals surface area contributed by atoms with Gasteiger partial charge in [0.1, 0.15) is 5.82 Å². The van der Waals surface area contributed by atoms with E-state index in [2.05, 4.69) is 20.6 Å². The molecule has 0 aliphatic carbocycles. The van der Waals surface area contributed by atoms with Gasteiger partial charge in [0.25, 0.3) is 5.91 Å². The molecule has 0 fully saturated rings. The number of benzene rings is 2. The minimum absolute atomic E-state index is 0.170. The summed E-state index contributed by atoms with van der Waals surface area (Å²) in [6.45, 7) is 1.92. The molecule has 3 N–H and O–H groups in total. The molecule has 0 radical (unpaired) electrons. The second kappa shape index (κ2) is 8.11. The Labute approximate surface area is 151 Å². The van der Waals surface area contributed by atoms with Crippen LogP contribution in [-0.2, 0) is 11.2 Å². The second-order valence-corrected chi connectivity index (χ2v) is 5.89. The molecule has 2 amide bonds. The van der Waals surface area contributed by atoms with Crippen molar-refractivity contribution in [2.24, 2.45) is 0 Å². The molecule has 0 atom stereocenters. The number of rotatable bonds is 6. The third-order valence-corrected chi connectivity index (χ3v) is 3.80. The molecule has 6 nitrogen and oxygen atoms in total. The van der Waals surface area contributed by atoms with Gasteiger partial charge in [-0.25, -0.2) is 4.98 Å². The maximum Gasteiger partial charge on any atom is 0.251 e. The highest BCUT2D eigenvalue weighted by Gasteiger charge is 2.08. The molecule has 132 valence electrons. The zero-order valence-electron chi connectivity index (χ0n) is 14.5. The molecule has 3 aromatic rings. The number of H-pyrrole nitrogens is 1. The number of anilines is 1. The number of carbonyl (C=O) groups is 2. The van der Waals surface area contributed by atoms with Gasteiger partial charge in [-0.3, -0.25) is 9.59 Å². The van der Waals surface area contributed by atoms with E-state index in [1.807, 2.05) is 30.3 Å². The fraction of sp³-hybridized carbons (Fsp3) is 0.150. The van der Waals surface area contributed by atoms with Crippen LogP contribution in [0.4, 0.5) is 5.69 Å². The van der Waals surface area contributed by atoms with Gasteiger partial charge >= 0.3 is 0 Å². The van der Waals surface area contributed by atoms with Crippen LogP contribution in [-0.4, -0.2) is 28.3 Å². The smallest absolute Gasteiger partial charge is 0.251 e. The Morgan fingerprint density at radius 1 is 1.08 bits per heavy atom. The van der Waals surface area contributed by atoms with E-state index in [-0.39, 0.29) is 11.8 Å². The number of nitrogens with zero attached hydrogens (tertiary/aromatic N) is 1. The Balaban J connectivity index is 1.54. The Morgan fingerprint density at radius 3 is 2.65 bits per heavy atom. The van der Waals surface area contributed by atoms with Crippen molar-refractivity contribution in [1.29, 1.82) is 0 Å². The zero-order chi connectivity index (χ0) is 18.4. The van der Waals surface area contributed by atoms with Gasteiger partial charge in [0.2, 0.25) is 5.91 Å². The van der Waals surface area contributed by atoms with Crippen molar-refractivity contribution >= 4 is 17.5 Å². The summed E-state index contributed by atoms with van der Waals surface area (Å²) < 4.78 is 0. The summed E-state index contributed by atoms with van der Waals surface area (Å²) in [5.74, 6) is 0.464. The molecule has 0 aliphatic rings. The fourth-order valence-electron chi connectivity index (χ4n) is 2.58. The van der Waals surface area contributed by atoms with Crippen molar-refractivity contribution in [2.45, 2.75) is 13.3 Å². The van der Waals surface area contributed by atoms with E-state index in [4.69, 9.17) is 0 Å². The van der Waals surface area contributed by atoms with E-state index in [9.17, 15) is 9.59 Å². The van der Waals surface area contributed by atoms with Gasteiger partial charge in [-0.15, -0.1) is 0 Å². The second-order valence-electron chi connectivity index (χ2n) is 5.89. The Morgan fingerprint density at radius 2 is 1.88 bits per heavy atom. The minimum atomic E-state index is -0.181. The quantitative estimate of drug-likeness (QED) is 0.640. The van der Waals surface area contributed by atoms with Gasteiger partial charge in [-0.2, -0.15) is 0 Å². The third kappa shape index (κ3) is 4.57. The maximum atomic E-state index is 12.2. The standard InChI is InChI=1S/C20H20N4O2/c1-14(25)23-17-9-5-8-16(12-17)20(26)21-11-10-18-13-22-19(24-18)15-6-3-2-4-7-15/h2-9,12-13H,10-11H2,1H3,(H,21,26)(H,22,24)(H,23,25). The fourth-order valence-corrected chi connectivity index (χ4v) is 2.58. The molecule has 6 heteroatoms. The molecule has 0 aliphatic heterocycles. The Bertz CT molecular complexity index is 903. The summed E-state index contributed by atoms with van der Waals surface area (Å²) in [6.07, 6.45) is 2.43. The number of hydrogen-bond acceptors (Lipinski definition) is 3. The molecule has 3 rings (SSSR count). The van der Waals surface area contributed by atoms with Gasteiger partial charge in [-0.1, -0.05) is 36.4 Å². The summed E-state index contributed by atoms with van der Waals surface area (Å²) in [6, 6.07) is 16.7. The summed E-state index contributed by atoms with van der Waals surface area (Å²) >= 11 is 0. The average Bonchev–Trinajstić information content (AvgIpc) is 3.11. The van der Waals surface area contributed by atoms with Crippen LogP contribution in [0.2, 0.25) is 0 Å². The first kappa shape index (κ1) is 17.4. The lowest BCUT2D eigenvalue weighted by Gasteiger charge is -2.07. The monoisotopic (exact) mass is 348 g/mol. The van der Waals surface area contributed by atoms with Crippen LogP contribution < -0.4 is 10.6 Å². The number of aromatic nitrogens is 2. The lowest BCUT2D eigenvalue weighted by atomic mass is 10.2. The van der Waals surface area contributed by atoms with Crippen molar-refractivity contribution in [3.63, 3.8) is 0 Å². The molecule has 2 aromatic carbocycles. The van der Waals surface area contributed by atoms with E-state index in [1.165, 1.54) is 6.92 Å². The molecule has 26 heavy (non-hydrogen) atoms. The lowest BCUT2D eigenvalue weighted by Crippen LogP contribution is -2.25. The number of carbonyl (C=O) groups excluding carboxylic acids is 2. The van der Waals surface area contributed by atoms with Crippen molar-refractivity contribution in [2.75, 3.05) is 11.9 Å². The van der Waals surface area contributed by atoms with Gasteiger partial charge in [-0.05, 0) is 18.2 Å². The van der Waals surface area contributed by atoms with Crippen molar-refractivity contribution < 1.29 is 9.59 Å². The van der Waals surface area contributed by atoms with Crippen LogP contribution >= 0.6 is 0 Å². The van der Waals surface area contributed by atoms with Crippen LogP contribution in [0.1, 0.15) is 23.0 Å². The molecule has 1 heterocycles. The summed E-state index contributed by atoms with van der Waals surface area (Å²) in [7, 11) is 0. The van der Waals surface area contributed by atoms with Gasteiger partial charge in [0.15, 0.2) is 0 Å². The first-order chi connectivity index (χ1) is 12.6. The van der Waals surface area contributed by atoms with Crippen LogP contribution in [0, 0.1) is 0 Å². The predicted octanol–water partition coefficient (Wildman–Crippen LogP) is 3.01. The summed E-state index contributed by atoms with van der Waals surface area (Å²) in [5.41, 5.74) is 3.09. The van der Waals surface area contributed by atoms with Crippen LogP contribution in [0.15, 0.2) is 60.8 Å². The Hall–Kier alpha value is -3.41. The van der Waals surface area contributed by atoms with E-state index >= 15 is 0 Å². The highest BCUT2D eigenvalue weighted by molar-refractivity contribution is 5.96. The largest absolute Gasteiger partial charge is 0.352 e. The SMILES string of the molecule is CC(=O)Nc1cccc(C(=O)NCCc2cnc(-c3ccccc3)[nH]2)c1. The number of nitrogens with one attached hydrogen (secondary N) is 3. The number of imidazole rings is 1. The van der Waals surface area contributed by atoms with E-state index in [0.717, 1.165) is 17.1 Å². The zero-order valence-corrected chi connectivity index (χ0v) is 14.5. The average molecular weight is 348 g/mol. The van der Waals surface area contributed by atoms with Gasteiger partial charge in [0.05, 0.1) is 0 Å². The van der Waals surface area contributed by atoms with Crippen molar-refractivity contribution in [3.8, 4) is 11.4 Å². The number of hydrogen-bond donors (Lipinski definition) is 3. The summed E-state index contributed by atoms with van der Waals surface area (Å²) in [5, 5.41) is 5.55. The van der Waals surface area contributed by atoms with Gasteiger partial charge < -0.3 is 15.6 Å². The first-order valence-corrected chi connectivity index (χ1v) is 8.37. The number of aromatic amines is 1. The molecule has 0 spiro atoms. The summed E-state index contributed by atoms with van der Waals surface area (Å²) in [4.78, 5) is 31.0. The molecular weight excluding hydrogens is 328 g/mol. The van der Waals surface area contributed by atoms with Crippen molar-refractivity contribution in [1.82, 2.24) is 15.3 Å². The van der Waals surface area contributed by atoms with Crippen LogP contribution in [0.5, 0.6) is 0 Å². The van der Waals surface area contributed by atoms with E-state index in [1.54, 1.807) is 30.5 Å². The Kier molecular flexibility index (Phi) is 5.43. The minimum Gasteiger partial charge on any atom is -0.352 e. The van der Waals surface area contributed by atoms with E-state index < -0.39 is 0 Å². The molecule has 0 saturated heterocycles. The van der Waals surface area contributed by atoms with Gasteiger partial charge in [0, 0.05) is 48.6 Å². The lowest BCUT2D eigenvalue weighted by molar-refractivity contribution is -0.114. The normalized spacial score (nSPS) is 10.3. The molecule has 0 bridgehead atoms. The van der Waals surface area contributed by atoms with Crippen molar-refractivity contribution in [3.05, 3.63) is 72.1 Å². The predicted molar refractivity (Wildman–Crippen MR) is 101 cm³/mol. The maximum absolute atomic E-state index is 12.2. The topological polar surface area (TPSA) is 86.9 Å². The highest BCUT2D eigenvalue weighted by Crippen LogP contribution is 2.15. The molecular formula is C20H20N4O2. The molecule has 0 unspecified atom stereocenters. The van der Waals surface area contributed by atoms with E-state index in [0.29, 0.717) is 24.2 Å². The first-order valence-electron chi connectivity index (χ1n) is 8.37. The highest BCUT2D eigenvalue weighted by atomic mass is 16.2. The third-order valence-electron chi connectivity index (χ3n) is 3.80. The molecule has 0 saturated carbocycles.